The lowest BCUT2D eigenvalue weighted by Crippen LogP contribution is -1.96. The maximum Gasteiger partial charge on any atom is -0.0149 e. The molecule has 0 heterocycles. The monoisotopic (exact) mass is 400 g/mol. The molecule has 2 aromatic carbocycles. The fourth-order valence-electron chi connectivity index (χ4n) is 4.12. The van der Waals surface area contributed by atoms with Crippen LogP contribution in [0.15, 0.2) is 66.8 Å². The predicted octanol–water partition coefficient (Wildman–Crippen LogP) is 8.75. The van der Waals surface area contributed by atoms with Gasteiger partial charge in [0.15, 0.2) is 0 Å². The minimum atomic E-state index is 1.04. The van der Waals surface area contributed by atoms with E-state index in [-0.39, 0.29) is 0 Å². The molecule has 0 aliphatic carbocycles. The summed E-state index contributed by atoms with van der Waals surface area (Å²) in [6.45, 7) is 15.6. The molecule has 0 amide bonds. The second-order valence-electron chi connectivity index (χ2n) is 8.31. The maximum absolute atomic E-state index is 4.39. The molecule has 0 saturated carbocycles. The Labute approximate surface area is 185 Å². The van der Waals surface area contributed by atoms with Crippen LogP contribution < -0.4 is 0 Å². The third kappa shape index (κ3) is 6.59. The Hall–Kier alpha value is -2.34. The first kappa shape index (κ1) is 23.9. The highest BCUT2D eigenvalue weighted by Crippen LogP contribution is 2.29. The first-order chi connectivity index (χ1) is 14.5. The van der Waals surface area contributed by atoms with E-state index < -0.39 is 0 Å². The zero-order chi connectivity index (χ0) is 21.9. The van der Waals surface area contributed by atoms with Gasteiger partial charge in [-0.25, -0.2) is 0 Å². The zero-order valence-electron chi connectivity index (χ0n) is 19.9. The van der Waals surface area contributed by atoms with Crippen molar-refractivity contribution in [3.05, 3.63) is 100 Å². The van der Waals surface area contributed by atoms with Crippen molar-refractivity contribution in [2.45, 2.75) is 79.6 Å². The van der Waals surface area contributed by atoms with Crippen LogP contribution in [0.3, 0.4) is 0 Å². The van der Waals surface area contributed by atoms with Gasteiger partial charge in [-0.15, -0.1) is 0 Å². The highest BCUT2D eigenvalue weighted by Gasteiger charge is 2.10. The van der Waals surface area contributed by atoms with Gasteiger partial charge in [0.05, 0.1) is 0 Å². The Morgan fingerprint density at radius 3 is 2.43 bits per heavy atom. The second-order valence-corrected chi connectivity index (χ2v) is 8.31. The van der Waals surface area contributed by atoms with E-state index in [2.05, 4.69) is 95.8 Å². The van der Waals surface area contributed by atoms with Crippen molar-refractivity contribution in [2.24, 2.45) is 0 Å². The third-order valence-electron chi connectivity index (χ3n) is 6.08. The molecule has 160 valence electrons. The Bertz CT molecular complexity index is 892. The van der Waals surface area contributed by atoms with Crippen molar-refractivity contribution < 1.29 is 0 Å². The minimum Gasteiger partial charge on any atom is -0.0952 e. The van der Waals surface area contributed by atoms with Gasteiger partial charge in [0.1, 0.15) is 0 Å². The molecule has 0 aliphatic rings. The molecule has 0 nitrogen and oxygen atoms in total. The summed E-state index contributed by atoms with van der Waals surface area (Å²) in [5.41, 5.74) is 11.0. The van der Waals surface area contributed by atoms with Crippen LogP contribution in [-0.2, 0) is 19.3 Å². The number of allylic oxidation sites excluding steroid dienone is 5. The lowest BCUT2D eigenvalue weighted by atomic mass is 9.89. The van der Waals surface area contributed by atoms with Gasteiger partial charge in [-0.1, -0.05) is 88.4 Å². The van der Waals surface area contributed by atoms with E-state index in [0.29, 0.717) is 0 Å². The molecular formula is C30H40. The molecule has 0 aromatic heterocycles. The molecule has 2 rings (SSSR count). The van der Waals surface area contributed by atoms with Gasteiger partial charge in [-0.2, -0.15) is 0 Å². The van der Waals surface area contributed by atoms with E-state index in [1.165, 1.54) is 50.9 Å². The first-order valence-corrected chi connectivity index (χ1v) is 11.7. The van der Waals surface area contributed by atoms with E-state index in [0.717, 1.165) is 38.5 Å². The van der Waals surface area contributed by atoms with Gasteiger partial charge in [-0.3, -0.25) is 0 Å². The third-order valence-corrected chi connectivity index (χ3v) is 6.08. The summed E-state index contributed by atoms with van der Waals surface area (Å²) in [5, 5.41) is 0. The molecule has 0 saturated heterocycles. The fourth-order valence-corrected chi connectivity index (χ4v) is 4.12. The topological polar surface area (TPSA) is 0 Å². The fraction of sp³-hybridized carbons (Fsp3) is 0.400. The standard InChI is InChI=1S/C30H40/c1-7-15-23(4)29(30-19-14-17-27(9-3)25(30)6)18-13-11-10-12-16-28-21-20-26(8-2)22-24(28)5/h11,13-14,17-22H,4,7-10,12,15-16H2,1-3,5-6H3/b13-11-,29-18+. The normalized spacial score (nSPS) is 12.0. The molecule has 0 fully saturated rings. The summed E-state index contributed by atoms with van der Waals surface area (Å²) < 4.78 is 0. The molecule has 0 bridgehead atoms. The number of hydrogen-bond donors (Lipinski definition) is 0. The average Bonchev–Trinajstić information content (AvgIpc) is 2.74. The molecule has 0 unspecified atom stereocenters. The van der Waals surface area contributed by atoms with Crippen molar-refractivity contribution >= 4 is 5.57 Å². The molecule has 0 N–H and O–H groups in total. The van der Waals surface area contributed by atoms with Gasteiger partial charge in [0, 0.05) is 0 Å². The number of hydrogen-bond acceptors (Lipinski definition) is 0. The summed E-state index contributed by atoms with van der Waals surface area (Å²) in [6, 6.07) is 13.6. The Morgan fingerprint density at radius 2 is 1.77 bits per heavy atom. The number of benzene rings is 2. The molecule has 2 aromatic rings. The van der Waals surface area contributed by atoms with Crippen LogP contribution in [0.2, 0.25) is 0 Å². The van der Waals surface area contributed by atoms with Crippen molar-refractivity contribution in [3.8, 4) is 0 Å². The smallest absolute Gasteiger partial charge is 0.0149 e. The Kier molecular flexibility index (Phi) is 9.87. The van der Waals surface area contributed by atoms with E-state index >= 15 is 0 Å². The predicted molar refractivity (Wildman–Crippen MR) is 135 cm³/mol. The van der Waals surface area contributed by atoms with Crippen LogP contribution >= 0.6 is 0 Å². The summed E-state index contributed by atoms with van der Waals surface area (Å²) in [6.07, 6.45) is 14.6. The van der Waals surface area contributed by atoms with Crippen molar-refractivity contribution in [2.75, 3.05) is 0 Å². The van der Waals surface area contributed by atoms with E-state index in [1.54, 1.807) is 0 Å². The van der Waals surface area contributed by atoms with Crippen LogP contribution in [0.5, 0.6) is 0 Å². The Balaban J connectivity index is 2.07. The molecule has 0 radical (unpaired) electrons. The number of aryl methyl sites for hydroxylation is 4. The van der Waals surface area contributed by atoms with Crippen molar-refractivity contribution in [1.29, 1.82) is 0 Å². The van der Waals surface area contributed by atoms with Gasteiger partial charge < -0.3 is 0 Å². The summed E-state index contributed by atoms with van der Waals surface area (Å²) >= 11 is 0. The maximum atomic E-state index is 4.39. The number of rotatable bonds is 11. The lowest BCUT2D eigenvalue weighted by Gasteiger charge is -2.15. The van der Waals surface area contributed by atoms with E-state index in [4.69, 9.17) is 0 Å². The van der Waals surface area contributed by atoms with Gasteiger partial charge in [0.25, 0.3) is 0 Å². The van der Waals surface area contributed by atoms with Crippen molar-refractivity contribution in [3.63, 3.8) is 0 Å². The molecule has 0 atom stereocenters. The van der Waals surface area contributed by atoms with Gasteiger partial charge >= 0.3 is 0 Å². The average molecular weight is 401 g/mol. The number of unbranched alkanes of at least 4 members (excludes halogenated alkanes) is 1. The van der Waals surface area contributed by atoms with E-state index in [1.807, 2.05) is 0 Å². The van der Waals surface area contributed by atoms with Crippen LogP contribution in [-0.4, -0.2) is 0 Å². The first-order valence-electron chi connectivity index (χ1n) is 11.7. The molecule has 0 heteroatoms. The SMILES string of the molecule is C=C(CCC)/C(=C\C=C/CCCc1ccc(CC)cc1C)c1cccc(CC)c1C. The van der Waals surface area contributed by atoms with Crippen molar-refractivity contribution in [1.82, 2.24) is 0 Å². The summed E-state index contributed by atoms with van der Waals surface area (Å²) in [5.74, 6) is 0. The molecular weight excluding hydrogens is 360 g/mol. The van der Waals surface area contributed by atoms with Crippen LogP contribution in [0, 0.1) is 13.8 Å². The lowest BCUT2D eigenvalue weighted by molar-refractivity contribution is 0.836. The van der Waals surface area contributed by atoms with Gasteiger partial charge in [0.2, 0.25) is 0 Å². The largest absolute Gasteiger partial charge is 0.0952 e. The van der Waals surface area contributed by atoms with Crippen LogP contribution in [0.25, 0.3) is 5.57 Å². The second kappa shape index (κ2) is 12.4. The highest BCUT2D eigenvalue weighted by atomic mass is 14.1. The minimum absolute atomic E-state index is 1.04. The van der Waals surface area contributed by atoms with Gasteiger partial charge in [-0.05, 0) is 96.9 Å². The highest BCUT2D eigenvalue weighted by molar-refractivity contribution is 5.81. The van der Waals surface area contributed by atoms with Crippen LogP contribution in [0.1, 0.15) is 79.8 Å². The summed E-state index contributed by atoms with van der Waals surface area (Å²) in [7, 11) is 0. The van der Waals surface area contributed by atoms with E-state index in [9.17, 15) is 0 Å². The van der Waals surface area contributed by atoms with Crippen LogP contribution in [0.4, 0.5) is 0 Å². The Morgan fingerprint density at radius 1 is 0.967 bits per heavy atom. The zero-order valence-corrected chi connectivity index (χ0v) is 19.9. The quantitative estimate of drug-likeness (QED) is 0.261. The molecule has 0 spiro atoms. The molecule has 30 heavy (non-hydrogen) atoms. The summed E-state index contributed by atoms with van der Waals surface area (Å²) in [4.78, 5) is 0. The molecule has 0 aliphatic heterocycles.